The molecule has 4 rings (SSSR count). The van der Waals surface area contributed by atoms with Gasteiger partial charge in [0.15, 0.2) is 0 Å². The van der Waals surface area contributed by atoms with Crippen molar-refractivity contribution < 1.29 is 8.42 Å². The first kappa shape index (κ1) is 24.8. The van der Waals surface area contributed by atoms with Crippen LogP contribution in [0.15, 0.2) is 41.4 Å². The fourth-order valence-electron chi connectivity index (χ4n) is 5.04. The highest BCUT2D eigenvalue weighted by atomic mass is 32.2. The van der Waals surface area contributed by atoms with Crippen LogP contribution in [0.2, 0.25) is 0 Å². The van der Waals surface area contributed by atoms with Crippen LogP contribution in [-0.2, 0) is 10.0 Å². The number of aromatic nitrogens is 1. The minimum absolute atomic E-state index is 0.229. The normalized spacial score (nSPS) is 19.6. The molecule has 0 bridgehead atoms. The van der Waals surface area contributed by atoms with Gasteiger partial charge in [0.05, 0.1) is 10.5 Å². The molecule has 2 aliphatic heterocycles. The number of nitrogens with zero attached hydrogens (tertiary/aromatic N) is 3. The molecule has 1 unspecified atom stereocenters. The third kappa shape index (κ3) is 5.31. The van der Waals surface area contributed by atoms with E-state index in [4.69, 9.17) is 5.41 Å². The van der Waals surface area contributed by atoms with Crippen molar-refractivity contribution in [1.82, 2.24) is 19.1 Å². The zero-order valence-corrected chi connectivity index (χ0v) is 21.2. The van der Waals surface area contributed by atoms with Crippen LogP contribution < -0.4 is 10.6 Å². The van der Waals surface area contributed by atoms with Crippen molar-refractivity contribution in [2.24, 2.45) is 0 Å². The van der Waals surface area contributed by atoms with Gasteiger partial charge in [-0.15, -0.1) is 0 Å². The highest BCUT2D eigenvalue weighted by molar-refractivity contribution is 7.90. The summed E-state index contributed by atoms with van der Waals surface area (Å²) in [5, 5.41) is 15.7. The lowest BCUT2D eigenvalue weighted by Crippen LogP contribution is -2.51. The largest absolute Gasteiger partial charge is 0.373 e. The fraction of sp³-hybridized carbons (Fsp3) is 0.560. The van der Waals surface area contributed by atoms with Crippen molar-refractivity contribution in [3.8, 4) is 0 Å². The second-order valence-corrected chi connectivity index (χ2v) is 11.2. The van der Waals surface area contributed by atoms with Gasteiger partial charge in [-0.05, 0) is 70.4 Å². The van der Waals surface area contributed by atoms with E-state index in [1.165, 1.54) is 23.2 Å². The van der Waals surface area contributed by atoms with E-state index >= 15 is 0 Å². The second-order valence-electron chi connectivity index (χ2n) is 9.39. The summed E-state index contributed by atoms with van der Waals surface area (Å²) >= 11 is 0. The summed E-state index contributed by atoms with van der Waals surface area (Å²) in [6.07, 6.45) is 7.47. The van der Waals surface area contributed by atoms with Gasteiger partial charge in [-0.25, -0.2) is 12.4 Å². The van der Waals surface area contributed by atoms with E-state index in [1.54, 1.807) is 43.6 Å². The summed E-state index contributed by atoms with van der Waals surface area (Å²) in [5.74, 6) is 0.810. The van der Waals surface area contributed by atoms with E-state index < -0.39 is 10.0 Å². The van der Waals surface area contributed by atoms with Crippen molar-refractivity contribution in [3.63, 3.8) is 0 Å². The molecule has 3 heterocycles. The van der Waals surface area contributed by atoms with Gasteiger partial charge in [0.1, 0.15) is 11.7 Å². The summed E-state index contributed by atoms with van der Waals surface area (Å²) in [6, 6.07) is 8.85. The summed E-state index contributed by atoms with van der Waals surface area (Å²) in [7, 11) is -2.06. The van der Waals surface area contributed by atoms with Crippen LogP contribution in [-0.4, -0.2) is 80.4 Å². The SMILES string of the molecule is CNc1c(C(=N)N(CCN2CCCCC2)C2CCCNC2)ccn1S(=O)(=O)c1ccc(C)cc1. The van der Waals surface area contributed by atoms with Crippen molar-refractivity contribution in [2.45, 2.75) is 50.0 Å². The highest BCUT2D eigenvalue weighted by Gasteiger charge is 2.29. The monoisotopic (exact) mass is 486 g/mol. The van der Waals surface area contributed by atoms with E-state index in [2.05, 4.69) is 20.4 Å². The number of piperidine rings is 2. The maximum Gasteiger partial charge on any atom is 0.269 e. The first-order chi connectivity index (χ1) is 16.4. The zero-order chi connectivity index (χ0) is 24.1. The molecule has 2 fully saturated rings. The maximum atomic E-state index is 13.4. The molecule has 2 aromatic rings. The third-order valence-corrected chi connectivity index (χ3v) is 8.72. The summed E-state index contributed by atoms with van der Waals surface area (Å²) < 4.78 is 28.0. The molecule has 3 N–H and O–H groups in total. The van der Waals surface area contributed by atoms with E-state index in [-0.39, 0.29) is 10.9 Å². The maximum absolute atomic E-state index is 13.4. The van der Waals surface area contributed by atoms with Crippen molar-refractivity contribution in [1.29, 1.82) is 5.41 Å². The summed E-state index contributed by atoms with van der Waals surface area (Å²) in [5.41, 5.74) is 1.62. The van der Waals surface area contributed by atoms with Crippen molar-refractivity contribution in [3.05, 3.63) is 47.7 Å². The van der Waals surface area contributed by atoms with Crippen LogP contribution in [0.3, 0.4) is 0 Å². The van der Waals surface area contributed by atoms with Gasteiger partial charge in [0.25, 0.3) is 10.0 Å². The molecule has 0 amide bonds. The van der Waals surface area contributed by atoms with Gasteiger partial charge >= 0.3 is 0 Å². The lowest BCUT2D eigenvalue weighted by Gasteiger charge is -2.38. The zero-order valence-electron chi connectivity index (χ0n) is 20.4. The standard InChI is InChI=1S/C25H38N6O2S/c1-20-8-10-22(11-9-20)34(32,33)31-16-12-23(25(31)27-2)24(26)30(21-7-6-13-28-19-21)18-17-29-14-4-3-5-15-29/h8-12,16,21,26-28H,3-7,13-15,17-19H2,1-2H3. The van der Waals surface area contributed by atoms with Gasteiger partial charge < -0.3 is 20.4 Å². The topological polar surface area (TPSA) is 93.5 Å². The lowest BCUT2D eigenvalue weighted by molar-refractivity contribution is 0.184. The first-order valence-corrected chi connectivity index (χ1v) is 13.9. The number of aryl methyl sites for hydroxylation is 1. The van der Waals surface area contributed by atoms with Gasteiger partial charge in [-0.3, -0.25) is 5.41 Å². The Hall–Kier alpha value is -2.36. The highest BCUT2D eigenvalue weighted by Crippen LogP contribution is 2.26. The number of nitrogens with one attached hydrogen (secondary N) is 3. The summed E-state index contributed by atoms with van der Waals surface area (Å²) in [4.78, 5) is 4.91. The van der Waals surface area contributed by atoms with Crippen LogP contribution >= 0.6 is 0 Å². The number of amidine groups is 1. The third-order valence-electron chi connectivity index (χ3n) is 7.03. The molecule has 0 aliphatic carbocycles. The Bertz CT molecular complexity index is 1070. The van der Waals surface area contributed by atoms with Crippen molar-refractivity contribution >= 4 is 21.7 Å². The fourth-order valence-corrected chi connectivity index (χ4v) is 6.40. The van der Waals surface area contributed by atoms with Gasteiger partial charge in [0.2, 0.25) is 0 Å². The number of anilines is 1. The molecule has 2 saturated heterocycles. The Kier molecular flexibility index (Phi) is 7.95. The minimum Gasteiger partial charge on any atom is -0.373 e. The first-order valence-electron chi connectivity index (χ1n) is 12.4. The Morgan fingerprint density at radius 1 is 1.15 bits per heavy atom. The van der Waals surface area contributed by atoms with E-state index in [9.17, 15) is 8.42 Å². The predicted molar refractivity (Wildman–Crippen MR) is 137 cm³/mol. The predicted octanol–water partition coefficient (Wildman–Crippen LogP) is 2.94. The Morgan fingerprint density at radius 2 is 1.88 bits per heavy atom. The van der Waals surface area contributed by atoms with E-state index in [1.807, 2.05) is 6.92 Å². The van der Waals surface area contributed by atoms with Crippen LogP contribution in [0.1, 0.15) is 43.2 Å². The minimum atomic E-state index is -3.77. The molecular formula is C25H38N6O2S. The smallest absolute Gasteiger partial charge is 0.269 e. The molecule has 0 radical (unpaired) electrons. The number of hydrogen-bond acceptors (Lipinski definition) is 6. The van der Waals surface area contributed by atoms with Gasteiger partial charge in [-0.2, -0.15) is 0 Å². The molecule has 9 heteroatoms. The van der Waals surface area contributed by atoms with Crippen LogP contribution in [0.5, 0.6) is 0 Å². The average molecular weight is 487 g/mol. The molecule has 34 heavy (non-hydrogen) atoms. The quantitative estimate of drug-likeness (QED) is 0.392. The lowest BCUT2D eigenvalue weighted by atomic mass is 10.0. The molecule has 186 valence electrons. The van der Waals surface area contributed by atoms with E-state index in [0.29, 0.717) is 17.2 Å². The van der Waals surface area contributed by atoms with Crippen LogP contribution in [0.25, 0.3) is 0 Å². The molecule has 0 saturated carbocycles. The molecule has 1 aromatic carbocycles. The van der Waals surface area contributed by atoms with Gasteiger partial charge in [0, 0.05) is 38.9 Å². The Labute approximate surface area is 203 Å². The molecule has 1 aromatic heterocycles. The second kappa shape index (κ2) is 10.9. The van der Waals surface area contributed by atoms with Crippen molar-refractivity contribution in [2.75, 3.05) is 51.6 Å². The van der Waals surface area contributed by atoms with Crippen LogP contribution in [0, 0.1) is 12.3 Å². The molecular weight excluding hydrogens is 448 g/mol. The van der Waals surface area contributed by atoms with Crippen LogP contribution in [0.4, 0.5) is 5.82 Å². The average Bonchev–Trinajstić information content (AvgIpc) is 3.31. The number of hydrogen-bond donors (Lipinski definition) is 3. The molecule has 2 aliphatic rings. The van der Waals surface area contributed by atoms with E-state index in [0.717, 1.165) is 57.7 Å². The Balaban J connectivity index is 1.61. The number of likely N-dealkylation sites (tertiary alicyclic amines) is 1. The van der Waals surface area contributed by atoms with Gasteiger partial charge in [-0.1, -0.05) is 24.1 Å². The number of rotatable bonds is 8. The molecule has 1 atom stereocenters. The Morgan fingerprint density at radius 3 is 2.53 bits per heavy atom. The number of benzene rings is 1. The molecule has 8 nitrogen and oxygen atoms in total. The molecule has 0 spiro atoms. The summed E-state index contributed by atoms with van der Waals surface area (Å²) in [6.45, 7) is 7.73.